The van der Waals surface area contributed by atoms with E-state index in [2.05, 4.69) is 43.4 Å². The second kappa shape index (κ2) is 77.9. The van der Waals surface area contributed by atoms with Crippen molar-refractivity contribution >= 4 is 185 Å². The van der Waals surface area contributed by atoms with Crippen molar-refractivity contribution in [1.82, 2.24) is 26.7 Å². The molecule has 33 nitrogen and oxygen atoms in total. The van der Waals surface area contributed by atoms with Gasteiger partial charge in [0, 0.05) is 132 Å². The molecule has 0 saturated carbocycles. The van der Waals surface area contributed by atoms with Crippen LogP contribution in [0, 0.1) is 10.1 Å². The van der Waals surface area contributed by atoms with Gasteiger partial charge in [0.05, 0.1) is 50.9 Å². The molecule has 5 saturated heterocycles. The molecule has 5 aliphatic rings. The fourth-order valence-electron chi connectivity index (χ4n) is 9.42. The lowest BCUT2D eigenvalue weighted by atomic mass is 10.1. The number of hydrogen-bond acceptors (Lipinski definition) is 34. The number of nitrogens with two attached hydrogens (primary N) is 5. The second-order valence-electron chi connectivity index (χ2n) is 24.8. The molecule has 0 aliphatic carbocycles. The van der Waals surface area contributed by atoms with E-state index in [0.717, 1.165) is 91.6 Å². The number of non-ortho nitro benzene ring substituents is 1. The Morgan fingerprint density at radius 2 is 0.741 bits per heavy atom. The first kappa shape index (κ1) is 110. The maximum atomic E-state index is 11.8. The third kappa shape index (κ3) is 72.2. The fraction of sp³-hybridized carbons (Fsp3) is 0.739. The van der Waals surface area contributed by atoms with E-state index in [1.807, 2.05) is 113 Å². The van der Waals surface area contributed by atoms with Crippen LogP contribution >= 0.6 is 108 Å². The number of nitrogens with zero attached hydrogens (tertiary/aromatic N) is 1. The zero-order valence-corrected chi connectivity index (χ0v) is 72.0. The normalized spacial score (nSPS) is 16.7. The number of ether oxygens (including phenoxy) is 3. The Hall–Kier alpha value is -4.32. The van der Waals surface area contributed by atoms with Gasteiger partial charge >= 0.3 is 30.2 Å². The molecule has 1 aromatic rings. The number of unbranched alkanes of at least 4 members (excludes halogenated alkanes) is 5. The number of carboxylic acid groups (broad SMARTS) is 3. The van der Waals surface area contributed by atoms with Crippen LogP contribution in [0.15, 0.2) is 24.3 Å². The molecule has 20 N–H and O–H groups in total. The van der Waals surface area contributed by atoms with Crippen LogP contribution in [0.3, 0.4) is 0 Å². The molecule has 43 heteroatoms. The van der Waals surface area contributed by atoms with Gasteiger partial charge in [0.15, 0.2) is 17.3 Å². The summed E-state index contributed by atoms with van der Waals surface area (Å²) in [4.78, 5) is 143. The number of rotatable bonds is 48. The van der Waals surface area contributed by atoms with Gasteiger partial charge in [-0.15, -0.1) is 0 Å². The number of nitrogens with one attached hydrogen (secondary N) is 5. The van der Waals surface area contributed by atoms with Gasteiger partial charge in [-0.3, -0.25) is 75.2 Å². The molecule has 5 heterocycles. The summed E-state index contributed by atoms with van der Waals surface area (Å²) < 4.78 is 14.4. The Morgan fingerprint density at radius 1 is 0.429 bits per heavy atom. The number of aliphatic hydroxyl groups is 2. The van der Waals surface area contributed by atoms with E-state index in [4.69, 9.17) is 46.6 Å². The number of amides is 5. The first-order valence-electron chi connectivity index (χ1n) is 37.3. The minimum absolute atomic E-state index is 0.0109. The lowest BCUT2D eigenvalue weighted by molar-refractivity contribution is -0.384. The molecule has 644 valence electrons. The number of aliphatic hydroxyl groups excluding tert-OH is 2. The highest BCUT2D eigenvalue weighted by molar-refractivity contribution is 8.78. The Bertz CT molecular complexity index is 2730. The zero-order chi connectivity index (χ0) is 83.6. The molecule has 5 amide bonds. The number of carboxylic acids is 3. The van der Waals surface area contributed by atoms with E-state index in [9.17, 15) is 67.6 Å². The third-order valence-electron chi connectivity index (χ3n) is 15.3. The van der Waals surface area contributed by atoms with Crippen LogP contribution in [0.2, 0.25) is 0 Å². The first-order chi connectivity index (χ1) is 53.9. The largest absolute Gasteiger partial charge is 0.513 e. The number of ketones is 3. The molecule has 1 aromatic carbocycles. The minimum Gasteiger partial charge on any atom is -0.481 e. The van der Waals surface area contributed by atoms with Gasteiger partial charge in [-0.05, 0) is 128 Å². The number of Topliss-reactive ketones (excluding diaryl/α,β-unsaturated/α-hetero) is 3. The maximum Gasteiger partial charge on any atom is 0.513 e. The monoisotopic (exact) mass is 1780 g/mol. The molecule has 5 atom stereocenters. The Kier molecular flexibility index (Phi) is 76.3. The molecule has 5 aliphatic heterocycles. The predicted molar refractivity (Wildman–Crippen MR) is 457 cm³/mol. The molecule has 0 aromatic heterocycles. The molecular formula is C69H121N11O22S10. The molecule has 112 heavy (non-hydrogen) atoms. The highest BCUT2D eigenvalue weighted by Gasteiger charge is 2.21. The summed E-state index contributed by atoms with van der Waals surface area (Å²) in [5.74, 6) is 15.9. The van der Waals surface area contributed by atoms with E-state index < -0.39 is 35.1 Å². The van der Waals surface area contributed by atoms with Gasteiger partial charge < -0.3 is 72.5 Å². The van der Waals surface area contributed by atoms with Crippen molar-refractivity contribution in [3.05, 3.63) is 34.4 Å². The smallest absolute Gasteiger partial charge is 0.481 e. The third-order valence-corrected chi connectivity index (χ3v) is 30.4. The number of hydrazine groups is 2. The molecule has 0 radical (unpaired) electrons. The van der Waals surface area contributed by atoms with Gasteiger partial charge in [0.1, 0.15) is 12.3 Å². The van der Waals surface area contributed by atoms with Gasteiger partial charge in [0.2, 0.25) is 23.6 Å². The molecule has 6 rings (SSSR count). The Labute approximate surface area is 697 Å². The van der Waals surface area contributed by atoms with Crippen LogP contribution in [-0.4, -0.2) is 222 Å². The molecule has 0 spiro atoms. The quantitative estimate of drug-likeness (QED) is 0.00421. The number of aliphatic carboxylic acids is 3. The van der Waals surface area contributed by atoms with Gasteiger partial charge in [-0.1, -0.05) is 140 Å². The lowest BCUT2D eigenvalue weighted by Gasteiger charge is -2.08. The fourth-order valence-corrected chi connectivity index (χ4v) is 24.6. The standard InChI is InChI=1S/C20H26N2O7S2.C14H25N3O4S2.C13H23NO3S2.C10H17NO3S2.C8H14O2S2.C2H5NO2.C2H7NO.H4N2/c23-16(14-21-19(24)6-2-1-5-18-11-13-30-31-18)4-3-12-28-20(25)29-17-9-7-15(8-10-17)22(26)27;15-17-14(20)21-8-3-4-11(18)10-16-13(19)6-2-1-5-12-7-9-22-23-12;15-8-3-4-11(16)10-14-13(17)6-2-1-5-12-7-9-18-19-12;12-9(11-7-10(13)14)4-2-1-3-8-5-6-15-16-8;9-8(10)4-2-1-3-7-5-6-11-12-7;3-1-2(4)5;3-1-2-4;1-2/h7-10,18H,1-6,11-14H2,(H,21,24);12H,1-10,15H2,(H,16,19)(H,17,20);12,15H,1-10H2,(H,14,17);8H,1-7H2,(H,11,12)(H,13,14);7H,1-6H2,(H,9,10);1,3H2,(H,4,5);4H,1-3H2;1-2H2. The summed E-state index contributed by atoms with van der Waals surface area (Å²) in [6, 6.07) is 5.00. The van der Waals surface area contributed by atoms with Gasteiger partial charge in [-0.2, -0.15) is 0 Å². The molecule has 0 bridgehead atoms. The van der Waals surface area contributed by atoms with Crippen molar-refractivity contribution in [2.24, 2.45) is 29.0 Å². The van der Waals surface area contributed by atoms with E-state index in [1.165, 1.54) is 111 Å². The number of benzene rings is 1. The summed E-state index contributed by atoms with van der Waals surface area (Å²) in [5, 5.41) is 65.3. The van der Waals surface area contributed by atoms with E-state index in [0.29, 0.717) is 69.6 Å². The average molecular weight is 1780 g/mol. The van der Waals surface area contributed by atoms with Crippen molar-refractivity contribution in [3.63, 3.8) is 0 Å². The van der Waals surface area contributed by atoms with Crippen molar-refractivity contribution in [2.75, 3.05) is 94.5 Å². The molecule has 5 unspecified atom stereocenters. The van der Waals surface area contributed by atoms with E-state index in [-0.39, 0.29) is 124 Å². The molecular weight excluding hydrogens is 1660 g/mol. The summed E-state index contributed by atoms with van der Waals surface area (Å²) in [5.41, 5.74) is 11.1. The number of nitro groups is 1. The number of hydrogen-bond donors (Lipinski definition) is 15. The second-order valence-corrected chi connectivity index (χ2v) is 38.7. The van der Waals surface area contributed by atoms with Crippen molar-refractivity contribution in [2.45, 2.75) is 225 Å². The van der Waals surface area contributed by atoms with Crippen molar-refractivity contribution < 1.29 is 102 Å². The van der Waals surface area contributed by atoms with Crippen LogP contribution < -0.4 is 60.4 Å². The Balaban J connectivity index is 0. The van der Waals surface area contributed by atoms with Crippen molar-refractivity contribution in [3.8, 4) is 5.75 Å². The number of carbonyl (C=O) groups excluding carboxylic acids is 9. The average Bonchev–Trinajstić information content (AvgIpc) is 1.32. The van der Waals surface area contributed by atoms with Crippen LogP contribution in [0.25, 0.3) is 0 Å². The van der Waals surface area contributed by atoms with Crippen molar-refractivity contribution in [1.29, 1.82) is 0 Å². The van der Waals surface area contributed by atoms with Crippen LogP contribution in [-0.2, 0) is 57.4 Å². The number of nitro benzene ring substituents is 1. The first-order valence-corrected chi connectivity index (χ1v) is 49.2. The summed E-state index contributed by atoms with van der Waals surface area (Å²) in [6.07, 6.45) is 24.3. The zero-order valence-electron chi connectivity index (χ0n) is 63.8. The van der Waals surface area contributed by atoms with Crippen LogP contribution in [0.4, 0.5) is 15.3 Å². The Morgan fingerprint density at radius 3 is 1.01 bits per heavy atom. The topological polar surface area (TPSA) is 567 Å². The van der Waals surface area contributed by atoms with Gasteiger partial charge in [-0.25, -0.2) is 15.4 Å². The summed E-state index contributed by atoms with van der Waals surface area (Å²) >= 11 is 0. The minimum atomic E-state index is -0.993. The maximum absolute atomic E-state index is 11.8. The predicted octanol–water partition coefficient (Wildman–Crippen LogP) is 9.69. The van der Waals surface area contributed by atoms with E-state index in [1.54, 1.807) is 0 Å². The summed E-state index contributed by atoms with van der Waals surface area (Å²) in [7, 11) is 19.5. The van der Waals surface area contributed by atoms with Crippen LogP contribution in [0.5, 0.6) is 5.75 Å². The van der Waals surface area contributed by atoms with E-state index >= 15 is 0 Å². The highest BCUT2D eigenvalue weighted by Crippen LogP contribution is 2.43. The number of carbonyl (C=O) groups is 12. The highest BCUT2D eigenvalue weighted by atomic mass is 33.1. The van der Waals surface area contributed by atoms with Crippen LogP contribution in [0.1, 0.15) is 199 Å². The molecule has 5 fully saturated rings. The summed E-state index contributed by atoms with van der Waals surface area (Å²) in [6.45, 7) is 0.181. The SMILES string of the molecule is NCC(=O)O.NCCO.NN.NNC(=O)OCCCC(=O)CNC(=O)CCCCC1CCSS1.O=C(CCCO)CNC(=O)CCCCC1CCSS1.O=C(CCCOC(=O)Oc1ccc([N+](=O)[O-])cc1)CNC(=O)CCCCC1CCSS1.O=C(O)CCCCC1CCSS1.O=C(O)CNC(=O)CCCCC1CCSS1. The van der Waals surface area contributed by atoms with Gasteiger partial charge in [0.25, 0.3) is 5.69 Å². The lowest BCUT2D eigenvalue weighted by Crippen LogP contribution is -2.31.